The first-order chi connectivity index (χ1) is 6.59. The fourth-order valence-corrected chi connectivity index (χ4v) is 1.73. The maximum Gasteiger partial charge on any atom is 0.0713 e. The van der Waals surface area contributed by atoms with Gasteiger partial charge in [-0.2, -0.15) is 0 Å². The average Bonchev–Trinajstić information content (AvgIpc) is 2.43. The third-order valence-corrected chi connectivity index (χ3v) is 2.48. The van der Waals surface area contributed by atoms with Gasteiger partial charge in [0.15, 0.2) is 0 Å². The molecule has 74 valence electrons. The molecule has 1 aromatic carbocycles. The van der Waals surface area contributed by atoms with Gasteiger partial charge >= 0.3 is 0 Å². The molecular weight excluding hydrogens is 178 g/mol. The van der Waals surface area contributed by atoms with Gasteiger partial charge in [-0.1, -0.05) is 17.7 Å². The Morgan fingerprint density at radius 3 is 2.79 bits per heavy atom. The van der Waals surface area contributed by atoms with E-state index in [1.807, 2.05) is 13.8 Å². The topological polar surface area (TPSA) is 46.5 Å². The average molecular weight is 190 g/mol. The first-order valence-corrected chi connectivity index (χ1v) is 4.54. The predicted molar refractivity (Wildman–Crippen MR) is 53.3 cm³/mol. The van der Waals surface area contributed by atoms with E-state index in [9.17, 15) is 10.3 Å². The molecule has 14 heavy (non-hydrogen) atoms. The van der Waals surface area contributed by atoms with Gasteiger partial charge in [-0.3, -0.25) is 10.3 Å². The second kappa shape index (κ2) is 3.03. The summed E-state index contributed by atoms with van der Waals surface area (Å²) in [7, 11) is 0. The van der Waals surface area contributed by atoms with Crippen LogP contribution in [0.15, 0.2) is 23.8 Å². The molecule has 0 spiro atoms. The summed E-state index contributed by atoms with van der Waals surface area (Å²) in [6, 6.07) is 4.71. The van der Waals surface area contributed by atoms with Crippen molar-refractivity contribution in [3.8, 4) is 5.75 Å². The maximum absolute atomic E-state index is 11.2. The summed E-state index contributed by atoms with van der Waals surface area (Å²) in [5.41, 5.74) is 3.76. The van der Waals surface area contributed by atoms with Gasteiger partial charge in [0.05, 0.1) is 12.2 Å². The number of anilines is 1. The van der Waals surface area contributed by atoms with E-state index in [4.69, 9.17) is 0 Å². The molecule has 1 aromatic rings. The molecule has 0 bridgehead atoms. The molecule has 3 nitrogen and oxygen atoms in total. The molecule has 0 amide bonds. The zero-order chi connectivity index (χ0) is 10.3. The number of hydroxylamine groups is 1. The van der Waals surface area contributed by atoms with Crippen LogP contribution in [0.2, 0.25) is 0 Å². The van der Waals surface area contributed by atoms with Crippen LogP contribution in [0.4, 0.5) is 5.69 Å². The molecule has 2 rings (SSSR count). The summed E-state index contributed by atoms with van der Waals surface area (Å²) < 4.78 is 0. The van der Waals surface area contributed by atoms with Crippen LogP contribution in [-0.4, -0.2) is 11.8 Å². The second-order valence-electron chi connectivity index (χ2n) is 3.72. The summed E-state index contributed by atoms with van der Waals surface area (Å²) in [4.78, 5) is 0. The minimum atomic E-state index is -0.0159. The van der Waals surface area contributed by atoms with Crippen LogP contribution in [0.25, 0.3) is 5.57 Å². The Morgan fingerprint density at radius 2 is 2.14 bits per heavy atom. The summed E-state index contributed by atoms with van der Waals surface area (Å²) in [6.45, 7) is 4.44. The minimum absolute atomic E-state index is 0.0159. The molecule has 0 saturated heterocycles. The molecule has 0 atom stereocenters. The fraction of sp³-hybridized carbons (Fsp3) is 0.273. The molecule has 0 saturated carbocycles. The van der Waals surface area contributed by atoms with E-state index in [1.165, 1.54) is 11.1 Å². The van der Waals surface area contributed by atoms with Crippen LogP contribution in [0.3, 0.4) is 0 Å². The van der Waals surface area contributed by atoms with Gasteiger partial charge in [0.25, 0.3) is 0 Å². The van der Waals surface area contributed by atoms with Crippen LogP contribution >= 0.6 is 0 Å². The summed E-state index contributed by atoms with van der Waals surface area (Å²) in [5, 5.41) is 21.9. The minimum Gasteiger partial charge on any atom is -0.872 e. The lowest BCUT2D eigenvalue weighted by Gasteiger charge is -2.10. The van der Waals surface area contributed by atoms with E-state index >= 15 is 0 Å². The Morgan fingerprint density at radius 1 is 1.43 bits per heavy atom. The van der Waals surface area contributed by atoms with Crippen molar-refractivity contribution >= 4 is 11.3 Å². The number of allylic oxidation sites excluding steroid dienone is 1. The van der Waals surface area contributed by atoms with Crippen molar-refractivity contribution in [2.75, 3.05) is 11.6 Å². The van der Waals surface area contributed by atoms with Gasteiger partial charge in [-0.05, 0) is 25.5 Å². The van der Waals surface area contributed by atoms with Crippen LogP contribution in [-0.2, 0) is 0 Å². The molecular formula is C11H12NO2-. The molecule has 1 heterocycles. The quantitative estimate of drug-likeness (QED) is 0.678. The number of hydrogen-bond donors (Lipinski definition) is 1. The van der Waals surface area contributed by atoms with Gasteiger partial charge in [0.2, 0.25) is 0 Å². The van der Waals surface area contributed by atoms with E-state index in [-0.39, 0.29) is 5.75 Å². The van der Waals surface area contributed by atoms with E-state index < -0.39 is 0 Å². The Labute approximate surface area is 82.9 Å². The molecule has 1 aliphatic rings. The van der Waals surface area contributed by atoms with Crippen LogP contribution in [0.5, 0.6) is 5.75 Å². The van der Waals surface area contributed by atoms with Gasteiger partial charge in [-0.15, -0.1) is 5.75 Å². The third kappa shape index (κ3) is 1.26. The monoisotopic (exact) mass is 190 g/mol. The lowest BCUT2D eigenvalue weighted by molar-refractivity contribution is -0.268. The number of benzene rings is 1. The van der Waals surface area contributed by atoms with Crippen molar-refractivity contribution in [2.45, 2.75) is 13.8 Å². The van der Waals surface area contributed by atoms with Gasteiger partial charge in [-0.25, -0.2) is 0 Å². The number of nitrogens with zero attached hydrogens (tertiary/aromatic N) is 1. The normalized spacial score (nSPS) is 14.5. The number of fused-ring (bicyclic) bond motifs is 1. The van der Waals surface area contributed by atoms with Crippen molar-refractivity contribution < 1.29 is 10.3 Å². The Kier molecular flexibility index (Phi) is 1.97. The molecule has 3 heteroatoms. The predicted octanol–water partition coefficient (Wildman–Crippen LogP) is 1.76. The van der Waals surface area contributed by atoms with Gasteiger partial charge in [0, 0.05) is 5.56 Å². The van der Waals surface area contributed by atoms with E-state index in [0.717, 1.165) is 22.4 Å². The van der Waals surface area contributed by atoms with Crippen molar-refractivity contribution in [3.63, 3.8) is 0 Å². The largest absolute Gasteiger partial charge is 0.872 e. The van der Waals surface area contributed by atoms with Crippen molar-refractivity contribution in [2.24, 2.45) is 0 Å². The molecule has 0 aromatic heterocycles. The highest BCUT2D eigenvalue weighted by Crippen LogP contribution is 2.37. The smallest absolute Gasteiger partial charge is 0.0713 e. The number of hydrogen-bond acceptors (Lipinski definition) is 3. The molecule has 0 fully saturated rings. The third-order valence-electron chi connectivity index (χ3n) is 2.48. The fourth-order valence-electron chi connectivity index (χ4n) is 1.73. The Balaban J connectivity index is 2.63. The molecule has 1 N–H and O–H groups in total. The highest BCUT2D eigenvalue weighted by molar-refractivity contribution is 5.86. The van der Waals surface area contributed by atoms with Crippen LogP contribution in [0.1, 0.15) is 19.4 Å². The summed E-state index contributed by atoms with van der Waals surface area (Å²) in [5.74, 6) is -0.0159. The standard InChI is InChI=1S/C11H13NO2/c1-7(2)10-6-12(14)11-4-3-8(13)5-9(10)11/h3-5,13-14H,6H2,1-2H3/p-1. The number of rotatable bonds is 0. The zero-order valence-corrected chi connectivity index (χ0v) is 8.24. The van der Waals surface area contributed by atoms with Crippen LogP contribution < -0.4 is 10.2 Å². The summed E-state index contributed by atoms with van der Waals surface area (Å²) >= 11 is 0. The molecule has 0 aliphatic carbocycles. The Hall–Kier alpha value is -1.48. The van der Waals surface area contributed by atoms with Gasteiger partial charge in [0.1, 0.15) is 0 Å². The van der Waals surface area contributed by atoms with E-state index in [2.05, 4.69) is 0 Å². The Bertz CT molecular complexity index is 406. The highest BCUT2D eigenvalue weighted by atomic mass is 16.5. The molecule has 0 radical (unpaired) electrons. The second-order valence-corrected chi connectivity index (χ2v) is 3.72. The van der Waals surface area contributed by atoms with E-state index in [0.29, 0.717) is 6.54 Å². The first-order valence-electron chi connectivity index (χ1n) is 4.54. The molecule has 1 aliphatic heterocycles. The zero-order valence-electron chi connectivity index (χ0n) is 8.24. The maximum atomic E-state index is 11.2. The lowest BCUT2D eigenvalue weighted by atomic mass is 10.0. The van der Waals surface area contributed by atoms with E-state index in [1.54, 1.807) is 12.1 Å². The van der Waals surface area contributed by atoms with Crippen molar-refractivity contribution in [1.82, 2.24) is 0 Å². The van der Waals surface area contributed by atoms with Crippen molar-refractivity contribution in [3.05, 3.63) is 29.3 Å². The summed E-state index contributed by atoms with van der Waals surface area (Å²) in [6.07, 6.45) is 0. The highest BCUT2D eigenvalue weighted by Gasteiger charge is 2.22. The van der Waals surface area contributed by atoms with Crippen LogP contribution in [0, 0.1) is 0 Å². The van der Waals surface area contributed by atoms with Crippen molar-refractivity contribution in [1.29, 1.82) is 0 Å². The first kappa shape index (κ1) is 9.09. The van der Waals surface area contributed by atoms with Gasteiger partial charge < -0.3 is 5.11 Å². The SMILES string of the molecule is CC(C)=C1CN(O)c2ccc([O-])cc21. The molecule has 0 unspecified atom stereocenters. The lowest BCUT2D eigenvalue weighted by Crippen LogP contribution is -2.13.